The van der Waals surface area contributed by atoms with Crippen LogP contribution in [0, 0.1) is 0 Å². The van der Waals surface area contributed by atoms with E-state index in [4.69, 9.17) is 4.84 Å². The molecule has 3 nitrogen and oxygen atoms in total. The largest absolute Gasteiger partial charge is 0.368 e. The molecule has 3 heteroatoms. The molecule has 9 heavy (non-hydrogen) atoms. The molecule has 1 aliphatic rings. The van der Waals surface area contributed by atoms with Gasteiger partial charge >= 0.3 is 5.97 Å². The molecule has 0 saturated carbocycles. The van der Waals surface area contributed by atoms with Crippen LogP contribution in [0.4, 0.5) is 0 Å². The molecule has 0 amide bonds. The molecule has 0 unspecified atom stereocenters. The van der Waals surface area contributed by atoms with Crippen molar-refractivity contribution in [3.63, 3.8) is 0 Å². The summed E-state index contributed by atoms with van der Waals surface area (Å²) in [6.07, 6.45) is 1.52. The van der Waals surface area contributed by atoms with Gasteiger partial charge in [0.05, 0.1) is 0 Å². The Morgan fingerprint density at radius 2 is 2.56 bits per heavy atom. The number of hydrogen-bond acceptors (Lipinski definition) is 3. The molecule has 1 aliphatic heterocycles. The Morgan fingerprint density at radius 3 is 3.00 bits per heavy atom. The van der Waals surface area contributed by atoms with Gasteiger partial charge in [-0.2, -0.15) is 0 Å². The first-order valence-electron chi connectivity index (χ1n) is 3.28. The van der Waals surface area contributed by atoms with E-state index in [1.807, 2.05) is 6.92 Å². The van der Waals surface area contributed by atoms with Crippen molar-refractivity contribution in [1.29, 1.82) is 0 Å². The summed E-state index contributed by atoms with van der Waals surface area (Å²) in [6.45, 7) is 3.66. The average molecular weight is 129 g/mol. The molecular weight excluding hydrogens is 118 g/mol. The van der Waals surface area contributed by atoms with Crippen LogP contribution >= 0.6 is 0 Å². The topological polar surface area (TPSA) is 29.5 Å². The highest BCUT2D eigenvalue weighted by Gasteiger charge is 2.15. The Labute approximate surface area is 54.5 Å². The van der Waals surface area contributed by atoms with Crippen molar-refractivity contribution in [1.82, 2.24) is 5.06 Å². The molecule has 0 aliphatic carbocycles. The Bertz CT molecular complexity index is 114. The minimum atomic E-state index is -0.0944. The van der Waals surface area contributed by atoms with Crippen molar-refractivity contribution >= 4 is 5.97 Å². The van der Waals surface area contributed by atoms with E-state index in [1.54, 1.807) is 5.06 Å². The summed E-state index contributed by atoms with van der Waals surface area (Å²) in [5, 5.41) is 1.69. The Kier molecular flexibility index (Phi) is 2.05. The normalized spacial score (nSPS) is 21.7. The fourth-order valence-corrected chi connectivity index (χ4v) is 0.858. The van der Waals surface area contributed by atoms with Gasteiger partial charge in [-0.25, -0.2) is 0 Å². The second-order valence-electron chi connectivity index (χ2n) is 2.09. The highest BCUT2D eigenvalue weighted by Crippen LogP contribution is 2.05. The lowest BCUT2D eigenvalue weighted by atomic mass is 10.3. The second kappa shape index (κ2) is 2.82. The van der Waals surface area contributed by atoms with E-state index in [0.29, 0.717) is 6.42 Å². The fourth-order valence-electron chi connectivity index (χ4n) is 0.858. The van der Waals surface area contributed by atoms with Crippen LogP contribution in [0.1, 0.15) is 19.8 Å². The molecule has 0 N–H and O–H groups in total. The predicted octanol–water partition coefficient (Wildman–Crippen LogP) is 0.560. The zero-order chi connectivity index (χ0) is 6.69. The van der Waals surface area contributed by atoms with Crippen LogP contribution in [0.25, 0.3) is 0 Å². The lowest BCUT2D eigenvalue weighted by molar-refractivity contribution is -0.199. The summed E-state index contributed by atoms with van der Waals surface area (Å²) in [7, 11) is 0. The smallest absolute Gasteiger partial charge is 0.325 e. The van der Waals surface area contributed by atoms with Crippen LogP contribution in [-0.4, -0.2) is 24.1 Å². The molecular formula is C6H11NO2. The molecule has 1 fully saturated rings. The van der Waals surface area contributed by atoms with Gasteiger partial charge in [0.15, 0.2) is 0 Å². The van der Waals surface area contributed by atoms with Gasteiger partial charge in [0.25, 0.3) is 0 Å². The molecule has 0 aromatic heterocycles. The van der Waals surface area contributed by atoms with Gasteiger partial charge in [-0.15, -0.1) is 5.06 Å². The maximum Gasteiger partial charge on any atom is 0.325 e. The van der Waals surface area contributed by atoms with Gasteiger partial charge < -0.3 is 4.84 Å². The van der Waals surface area contributed by atoms with Crippen molar-refractivity contribution in [3.8, 4) is 0 Å². The molecule has 0 atom stereocenters. The van der Waals surface area contributed by atoms with Crippen molar-refractivity contribution < 1.29 is 9.63 Å². The Morgan fingerprint density at radius 1 is 1.78 bits per heavy atom. The second-order valence-corrected chi connectivity index (χ2v) is 2.09. The van der Waals surface area contributed by atoms with Gasteiger partial charge in [0.1, 0.15) is 0 Å². The summed E-state index contributed by atoms with van der Waals surface area (Å²) in [6, 6.07) is 0. The molecule has 1 heterocycles. The third-order valence-electron chi connectivity index (χ3n) is 1.37. The van der Waals surface area contributed by atoms with Gasteiger partial charge in [-0.3, -0.25) is 4.79 Å². The van der Waals surface area contributed by atoms with E-state index in [-0.39, 0.29) is 5.97 Å². The lowest BCUT2D eigenvalue weighted by Crippen LogP contribution is -2.32. The van der Waals surface area contributed by atoms with Gasteiger partial charge in [0.2, 0.25) is 0 Å². The third kappa shape index (κ3) is 1.68. The SMILES string of the molecule is CCN1CCCC(=O)O1. The van der Waals surface area contributed by atoms with Gasteiger partial charge in [-0.1, -0.05) is 0 Å². The summed E-state index contributed by atoms with van der Waals surface area (Å²) in [5.41, 5.74) is 0. The maximum atomic E-state index is 10.6. The van der Waals surface area contributed by atoms with Crippen molar-refractivity contribution in [2.75, 3.05) is 13.1 Å². The molecule has 0 aromatic carbocycles. The van der Waals surface area contributed by atoms with E-state index in [0.717, 1.165) is 19.5 Å². The zero-order valence-electron chi connectivity index (χ0n) is 5.59. The van der Waals surface area contributed by atoms with Gasteiger partial charge in [0, 0.05) is 19.5 Å². The first kappa shape index (κ1) is 6.55. The van der Waals surface area contributed by atoms with Crippen LogP contribution in [-0.2, 0) is 9.63 Å². The van der Waals surface area contributed by atoms with Crippen molar-refractivity contribution in [2.24, 2.45) is 0 Å². The van der Waals surface area contributed by atoms with E-state index in [1.165, 1.54) is 0 Å². The minimum Gasteiger partial charge on any atom is -0.368 e. The van der Waals surface area contributed by atoms with Crippen LogP contribution in [0.3, 0.4) is 0 Å². The quantitative estimate of drug-likeness (QED) is 0.518. The molecule has 0 aromatic rings. The van der Waals surface area contributed by atoms with Crippen LogP contribution in [0.5, 0.6) is 0 Å². The molecule has 52 valence electrons. The monoisotopic (exact) mass is 129 g/mol. The molecule has 0 spiro atoms. The number of rotatable bonds is 1. The Balaban J connectivity index is 2.32. The van der Waals surface area contributed by atoms with Crippen LogP contribution in [0.2, 0.25) is 0 Å². The zero-order valence-corrected chi connectivity index (χ0v) is 5.59. The summed E-state index contributed by atoms with van der Waals surface area (Å²) in [4.78, 5) is 15.4. The van der Waals surface area contributed by atoms with E-state index >= 15 is 0 Å². The van der Waals surface area contributed by atoms with Crippen molar-refractivity contribution in [3.05, 3.63) is 0 Å². The van der Waals surface area contributed by atoms with Crippen LogP contribution < -0.4 is 0 Å². The van der Waals surface area contributed by atoms with Gasteiger partial charge in [-0.05, 0) is 13.3 Å². The number of hydrogen-bond donors (Lipinski definition) is 0. The number of carbonyl (C=O) groups excluding carboxylic acids is 1. The van der Waals surface area contributed by atoms with E-state index in [2.05, 4.69) is 0 Å². The highest BCUT2D eigenvalue weighted by molar-refractivity contribution is 5.69. The molecule has 0 bridgehead atoms. The standard InChI is InChI=1S/C6H11NO2/c1-2-7-5-3-4-6(8)9-7/h2-5H2,1H3. The molecule has 1 rings (SSSR count). The summed E-state index contributed by atoms with van der Waals surface area (Å²) >= 11 is 0. The predicted molar refractivity (Wildman–Crippen MR) is 32.6 cm³/mol. The average Bonchev–Trinajstić information content (AvgIpc) is 1.88. The Hall–Kier alpha value is -0.570. The lowest BCUT2D eigenvalue weighted by Gasteiger charge is -2.22. The molecule has 0 radical (unpaired) electrons. The van der Waals surface area contributed by atoms with E-state index < -0.39 is 0 Å². The minimum absolute atomic E-state index is 0.0944. The highest BCUT2D eigenvalue weighted by atomic mass is 16.7. The third-order valence-corrected chi connectivity index (χ3v) is 1.37. The van der Waals surface area contributed by atoms with Crippen molar-refractivity contribution in [2.45, 2.75) is 19.8 Å². The number of nitrogens with zero attached hydrogens (tertiary/aromatic N) is 1. The summed E-state index contributed by atoms with van der Waals surface area (Å²) < 4.78 is 0. The maximum absolute atomic E-state index is 10.6. The number of hydroxylamine groups is 2. The fraction of sp³-hybridized carbons (Fsp3) is 0.833. The first-order valence-corrected chi connectivity index (χ1v) is 3.28. The van der Waals surface area contributed by atoms with Crippen LogP contribution in [0.15, 0.2) is 0 Å². The first-order chi connectivity index (χ1) is 4.33. The molecule has 1 saturated heterocycles. The summed E-state index contributed by atoms with van der Waals surface area (Å²) in [5.74, 6) is -0.0944. The van der Waals surface area contributed by atoms with E-state index in [9.17, 15) is 4.79 Å². The number of carbonyl (C=O) groups is 1.